The van der Waals surface area contributed by atoms with Gasteiger partial charge in [-0.3, -0.25) is 0 Å². The van der Waals surface area contributed by atoms with Crippen LogP contribution in [0.25, 0.3) is 5.69 Å². The van der Waals surface area contributed by atoms with E-state index in [0.29, 0.717) is 0 Å². The summed E-state index contributed by atoms with van der Waals surface area (Å²) in [7, 11) is 0. The van der Waals surface area contributed by atoms with Crippen LogP contribution in [0.4, 0.5) is 0 Å². The van der Waals surface area contributed by atoms with Crippen molar-refractivity contribution < 1.29 is 0 Å². The average molecular weight is 242 g/mol. The molecular weight excluding hydrogens is 224 g/mol. The Bertz CT molecular complexity index is 552. The topological polar surface area (TPSA) is 56.7 Å². The minimum atomic E-state index is -0.125. The summed E-state index contributed by atoms with van der Waals surface area (Å²) in [6.45, 7) is 4.30. The first-order valence-electron chi connectivity index (χ1n) is 6.30. The van der Waals surface area contributed by atoms with Crippen molar-refractivity contribution >= 4 is 0 Å². The Morgan fingerprint density at radius 1 is 1.22 bits per heavy atom. The molecule has 0 atom stereocenters. The Labute approximate surface area is 107 Å². The number of rotatable bonds is 3. The predicted molar refractivity (Wildman–Crippen MR) is 70.5 cm³/mol. The van der Waals surface area contributed by atoms with E-state index in [2.05, 4.69) is 24.2 Å². The monoisotopic (exact) mass is 242 g/mol. The van der Waals surface area contributed by atoms with Crippen LogP contribution in [0.15, 0.2) is 36.5 Å². The smallest absolute Gasteiger partial charge is 0.0906 e. The van der Waals surface area contributed by atoms with Gasteiger partial charge >= 0.3 is 0 Å². The quantitative estimate of drug-likeness (QED) is 0.896. The van der Waals surface area contributed by atoms with Crippen molar-refractivity contribution in [2.75, 3.05) is 0 Å². The van der Waals surface area contributed by atoms with E-state index in [-0.39, 0.29) is 11.0 Å². The van der Waals surface area contributed by atoms with Crippen LogP contribution in [0, 0.1) is 0 Å². The highest BCUT2D eigenvalue weighted by Crippen LogP contribution is 2.48. The summed E-state index contributed by atoms with van der Waals surface area (Å²) in [4.78, 5) is 0. The summed E-state index contributed by atoms with van der Waals surface area (Å²) < 4.78 is 1.81. The van der Waals surface area contributed by atoms with Gasteiger partial charge in [0, 0.05) is 11.0 Å². The molecule has 0 saturated heterocycles. The highest BCUT2D eigenvalue weighted by molar-refractivity contribution is 5.32. The molecule has 1 aromatic heterocycles. The van der Waals surface area contributed by atoms with Gasteiger partial charge in [-0.1, -0.05) is 37.3 Å². The summed E-state index contributed by atoms with van der Waals surface area (Å²) in [5.41, 5.74) is 8.08. The van der Waals surface area contributed by atoms with Crippen molar-refractivity contribution in [1.29, 1.82) is 0 Å². The van der Waals surface area contributed by atoms with Crippen LogP contribution in [-0.4, -0.2) is 20.5 Å². The number of benzene rings is 1. The van der Waals surface area contributed by atoms with Crippen molar-refractivity contribution in [3.63, 3.8) is 0 Å². The molecule has 4 heteroatoms. The van der Waals surface area contributed by atoms with Crippen LogP contribution >= 0.6 is 0 Å². The maximum atomic E-state index is 6.33. The maximum absolute atomic E-state index is 6.33. The van der Waals surface area contributed by atoms with Crippen molar-refractivity contribution in [1.82, 2.24) is 15.0 Å². The van der Waals surface area contributed by atoms with Crippen molar-refractivity contribution in [3.8, 4) is 5.69 Å². The van der Waals surface area contributed by atoms with E-state index in [1.54, 1.807) is 0 Å². The first kappa shape index (κ1) is 11.4. The predicted octanol–water partition coefficient (Wildman–Crippen LogP) is 2.04. The van der Waals surface area contributed by atoms with E-state index in [1.807, 2.05) is 41.2 Å². The number of para-hydroxylation sites is 1. The zero-order valence-electron chi connectivity index (χ0n) is 10.8. The van der Waals surface area contributed by atoms with E-state index in [0.717, 1.165) is 24.2 Å². The van der Waals surface area contributed by atoms with Gasteiger partial charge in [-0.05, 0) is 25.0 Å². The summed E-state index contributed by atoms with van der Waals surface area (Å²) in [5, 5.41) is 8.51. The van der Waals surface area contributed by atoms with Gasteiger partial charge in [-0.15, -0.1) is 5.10 Å². The molecule has 4 nitrogen and oxygen atoms in total. The lowest BCUT2D eigenvalue weighted by Gasteiger charge is -2.29. The van der Waals surface area contributed by atoms with Gasteiger partial charge < -0.3 is 5.73 Å². The second kappa shape index (κ2) is 3.65. The second-order valence-corrected chi connectivity index (χ2v) is 5.67. The number of hydrogen-bond acceptors (Lipinski definition) is 3. The fourth-order valence-corrected chi connectivity index (χ4v) is 2.27. The van der Waals surface area contributed by atoms with Crippen LogP contribution in [0.1, 0.15) is 32.4 Å². The minimum Gasteiger partial charge on any atom is -0.324 e. The first-order chi connectivity index (χ1) is 8.53. The van der Waals surface area contributed by atoms with Gasteiger partial charge in [0.05, 0.1) is 17.6 Å². The lowest BCUT2D eigenvalue weighted by atomic mass is 9.80. The third kappa shape index (κ3) is 1.64. The second-order valence-electron chi connectivity index (χ2n) is 5.67. The molecule has 2 N–H and O–H groups in total. The zero-order valence-corrected chi connectivity index (χ0v) is 10.8. The van der Waals surface area contributed by atoms with Crippen molar-refractivity contribution in [2.24, 2.45) is 5.73 Å². The van der Waals surface area contributed by atoms with Crippen LogP contribution < -0.4 is 5.73 Å². The van der Waals surface area contributed by atoms with E-state index in [4.69, 9.17) is 5.73 Å². The molecule has 1 heterocycles. The zero-order chi connectivity index (χ0) is 12.8. The molecule has 0 spiro atoms. The third-order valence-corrected chi connectivity index (χ3v) is 4.19. The Morgan fingerprint density at radius 3 is 2.50 bits per heavy atom. The van der Waals surface area contributed by atoms with Gasteiger partial charge in [0.2, 0.25) is 0 Å². The molecule has 0 unspecified atom stereocenters. The Balaban J connectivity index is 1.95. The summed E-state index contributed by atoms with van der Waals surface area (Å²) in [6.07, 6.45) is 4.12. The van der Waals surface area contributed by atoms with Gasteiger partial charge in [0.1, 0.15) is 0 Å². The van der Waals surface area contributed by atoms with Crippen molar-refractivity contribution in [2.45, 2.75) is 37.6 Å². The van der Waals surface area contributed by atoms with Crippen LogP contribution in [0.2, 0.25) is 0 Å². The molecule has 94 valence electrons. The lowest BCUT2D eigenvalue weighted by molar-refractivity contribution is 0.380. The molecule has 3 rings (SSSR count). The molecule has 1 aliphatic carbocycles. The van der Waals surface area contributed by atoms with Gasteiger partial charge in [-0.25, -0.2) is 4.68 Å². The van der Waals surface area contributed by atoms with Crippen LogP contribution in [0.3, 0.4) is 0 Å². The summed E-state index contributed by atoms with van der Waals surface area (Å²) in [5.74, 6) is 0. The lowest BCUT2D eigenvalue weighted by Crippen LogP contribution is -2.43. The fraction of sp³-hybridized carbons (Fsp3) is 0.429. The van der Waals surface area contributed by atoms with E-state index in [9.17, 15) is 0 Å². The van der Waals surface area contributed by atoms with Gasteiger partial charge in [-0.2, -0.15) is 0 Å². The standard InChI is InChI=1S/C14H18N4/c1-13(2,14(15)8-9-14)12-10-18(17-16-12)11-6-4-3-5-7-11/h3-7,10H,8-9,15H2,1-2H3. The molecule has 0 radical (unpaired) electrons. The number of nitrogens with two attached hydrogens (primary N) is 1. The Hall–Kier alpha value is -1.68. The molecule has 18 heavy (non-hydrogen) atoms. The fourth-order valence-electron chi connectivity index (χ4n) is 2.27. The van der Waals surface area contributed by atoms with Gasteiger partial charge in [0.15, 0.2) is 0 Å². The van der Waals surface area contributed by atoms with Crippen LogP contribution in [0.5, 0.6) is 0 Å². The van der Waals surface area contributed by atoms with E-state index < -0.39 is 0 Å². The molecular formula is C14H18N4. The molecule has 0 aliphatic heterocycles. The highest BCUT2D eigenvalue weighted by Gasteiger charge is 2.53. The van der Waals surface area contributed by atoms with Gasteiger partial charge in [0.25, 0.3) is 0 Å². The summed E-state index contributed by atoms with van der Waals surface area (Å²) in [6, 6.07) is 10.0. The molecule has 0 bridgehead atoms. The summed E-state index contributed by atoms with van der Waals surface area (Å²) >= 11 is 0. The highest BCUT2D eigenvalue weighted by atomic mass is 15.4. The normalized spacial score (nSPS) is 17.7. The third-order valence-electron chi connectivity index (χ3n) is 4.19. The maximum Gasteiger partial charge on any atom is 0.0906 e. The van der Waals surface area contributed by atoms with E-state index in [1.165, 1.54) is 0 Å². The van der Waals surface area contributed by atoms with Crippen LogP contribution in [-0.2, 0) is 5.41 Å². The molecule has 1 saturated carbocycles. The molecule has 1 aromatic carbocycles. The SMILES string of the molecule is CC(C)(c1cn(-c2ccccc2)nn1)C1(N)CC1. The minimum absolute atomic E-state index is 0.107. The molecule has 0 amide bonds. The van der Waals surface area contributed by atoms with E-state index >= 15 is 0 Å². The Morgan fingerprint density at radius 2 is 1.89 bits per heavy atom. The average Bonchev–Trinajstić information content (AvgIpc) is 2.96. The Kier molecular flexibility index (Phi) is 2.32. The largest absolute Gasteiger partial charge is 0.324 e. The number of nitrogens with zero attached hydrogens (tertiary/aromatic N) is 3. The number of hydrogen-bond donors (Lipinski definition) is 1. The molecule has 1 aliphatic rings. The molecule has 2 aromatic rings. The van der Waals surface area contributed by atoms with Crippen molar-refractivity contribution in [3.05, 3.63) is 42.2 Å². The first-order valence-corrected chi connectivity index (χ1v) is 6.30. The number of aromatic nitrogens is 3. The molecule has 1 fully saturated rings.